The molecule has 0 fully saturated rings. The van der Waals surface area contributed by atoms with E-state index in [4.69, 9.17) is 17.3 Å². The van der Waals surface area contributed by atoms with E-state index in [1.165, 1.54) is 14.0 Å². The molecule has 0 aliphatic carbocycles. The van der Waals surface area contributed by atoms with Crippen molar-refractivity contribution in [3.05, 3.63) is 62.7 Å². The van der Waals surface area contributed by atoms with Crippen LogP contribution in [0, 0.1) is 3.57 Å². The smallest absolute Gasteiger partial charge is 0.0406 e. The van der Waals surface area contributed by atoms with E-state index < -0.39 is 0 Å². The quantitative estimate of drug-likeness (QED) is 0.583. The molecule has 19 heavy (non-hydrogen) atoms. The maximum Gasteiger partial charge on any atom is 0.0406 e. The van der Waals surface area contributed by atoms with E-state index in [1.54, 1.807) is 11.8 Å². The number of rotatable bonds is 5. The minimum atomic E-state index is 0.167. The molecule has 0 radical (unpaired) electrons. The zero-order chi connectivity index (χ0) is 13.7. The fourth-order valence-corrected chi connectivity index (χ4v) is 3.05. The molecule has 0 saturated heterocycles. The van der Waals surface area contributed by atoms with Gasteiger partial charge in [0.1, 0.15) is 0 Å². The van der Waals surface area contributed by atoms with Gasteiger partial charge in [-0.2, -0.15) is 0 Å². The molecule has 4 heteroatoms. The minimum absolute atomic E-state index is 0.167. The lowest BCUT2D eigenvalue weighted by atomic mass is 10.1. The van der Waals surface area contributed by atoms with Crippen molar-refractivity contribution in [1.29, 1.82) is 0 Å². The van der Waals surface area contributed by atoms with Gasteiger partial charge in [0.05, 0.1) is 0 Å². The van der Waals surface area contributed by atoms with Crippen molar-refractivity contribution in [2.45, 2.75) is 17.4 Å². The second kappa shape index (κ2) is 7.53. The summed E-state index contributed by atoms with van der Waals surface area (Å²) in [5.74, 6) is 0.910. The average Bonchev–Trinajstić information content (AvgIpc) is 2.41. The van der Waals surface area contributed by atoms with Crippen LogP contribution < -0.4 is 5.73 Å². The highest BCUT2D eigenvalue weighted by Gasteiger charge is 2.05. The molecule has 2 N–H and O–H groups in total. The van der Waals surface area contributed by atoms with E-state index in [2.05, 4.69) is 46.9 Å². The molecule has 0 bridgehead atoms. The summed E-state index contributed by atoms with van der Waals surface area (Å²) in [5.41, 5.74) is 7.47. The SMILES string of the molecule is NC(CSc1ccc(Cl)cc1)Cc1ccc(I)cc1. The molecule has 0 aliphatic rings. The Hall–Kier alpha value is -0.230. The van der Waals surface area contributed by atoms with Gasteiger partial charge in [0.25, 0.3) is 0 Å². The number of thioether (sulfide) groups is 1. The molecule has 1 nitrogen and oxygen atoms in total. The van der Waals surface area contributed by atoms with Gasteiger partial charge in [0, 0.05) is 25.3 Å². The Kier molecular flexibility index (Phi) is 6.01. The van der Waals surface area contributed by atoms with E-state index >= 15 is 0 Å². The topological polar surface area (TPSA) is 26.0 Å². The third-order valence-electron chi connectivity index (χ3n) is 2.69. The van der Waals surface area contributed by atoms with Crippen LogP contribution >= 0.6 is 46.0 Å². The highest BCUT2D eigenvalue weighted by atomic mass is 127. The van der Waals surface area contributed by atoms with E-state index in [0.717, 1.165) is 17.2 Å². The molecule has 1 atom stereocenters. The lowest BCUT2D eigenvalue weighted by Crippen LogP contribution is -2.25. The summed E-state index contributed by atoms with van der Waals surface area (Å²) in [5, 5.41) is 0.771. The van der Waals surface area contributed by atoms with E-state index in [1.807, 2.05) is 24.3 Å². The summed E-state index contributed by atoms with van der Waals surface area (Å²) in [6.07, 6.45) is 0.914. The molecule has 1 unspecified atom stereocenters. The van der Waals surface area contributed by atoms with Crippen LogP contribution in [0.3, 0.4) is 0 Å². The Labute approximate surface area is 137 Å². The third kappa shape index (κ3) is 5.34. The van der Waals surface area contributed by atoms with Crippen molar-refractivity contribution < 1.29 is 0 Å². The molecule has 0 saturated carbocycles. The molecule has 2 aromatic rings. The molecule has 0 aliphatic heterocycles. The maximum absolute atomic E-state index is 6.17. The molecule has 0 heterocycles. The monoisotopic (exact) mass is 403 g/mol. The van der Waals surface area contributed by atoms with Gasteiger partial charge in [-0.1, -0.05) is 23.7 Å². The van der Waals surface area contributed by atoms with Gasteiger partial charge in [-0.25, -0.2) is 0 Å². The minimum Gasteiger partial charge on any atom is -0.327 e. The van der Waals surface area contributed by atoms with Crippen LogP contribution in [0.4, 0.5) is 0 Å². The standard InChI is InChI=1S/C15H15ClINS/c16-12-3-7-15(8-4-12)19-10-14(18)9-11-1-5-13(17)6-2-11/h1-8,14H,9-10,18H2. The van der Waals surface area contributed by atoms with Crippen LogP contribution in [0.1, 0.15) is 5.56 Å². The zero-order valence-electron chi connectivity index (χ0n) is 10.4. The van der Waals surface area contributed by atoms with Crippen molar-refractivity contribution in [2.24, 2.45) is 5.73 Å². The summed E-state index contributed by atoms with van der Waals surface area (Å²) in [6, 6.07) is 16.6. The molecule has 0 amide bonds. The summed E-state index contributed by atoms with van der Waals surface area (Å²) >= 11 is 9.95. The Morgan fingerprint density at radius 1 is 1.05 bits per heavy atom. The number of hydrogen-bond acceptors (Lipinski definition) is 2. The number of benzene rings is 2. The Balaban J connectivity index is 1.82. The van der Waals surface area contributed by atoms with Crippen LogP contribution in [0.15, 0.2) is 53.4 Å². The highest BCUT2D eigenvalue weighted by molar-refractivity contribution is 14.1. The van der Waals surface area contributed by atoms with Gasteiger partial charge in [0.15, 0.2) is 0 Å². The van der Waals surface area contributed by atoms with Gasteiger partial charge in [0.2, 0.25) is 0 Å². The Morgan fingerprint density at radius 3 is 2.32 bits per heavy atom. The van der Waals surface area contributed by atoms with E-state index in [0.29, 0.717) is 0 Å². The average molecular weight is 404 g/mol. The second-order valence-electron chi connectivity index (χ2n) is 4.36. The van der Waals surface area contributed by atoms with Gasteiger partial charge in [-0.15, -0.1) is 11.8 Å². The van der Waals surface area contributed by atoms with Gasteiger partial charge in [-0.3, -0.25) is 0 Å². The molecular weight excluding hydrogens is 389 g/mol. The lowest BCUT2D eigenvalue weighted by molar-refractivity contribution is 0.748. The fourth-order valence-electron chi connectivity index (χ4n) is 1.72. The van der Waals surface area contributed by atoms with Crippen molar-refractivity contribution in [2.75, 3.05) is 5.75 Å². The van der Waals surface area contributed by atoms with Gasteiger partial charge in [-0.05, 0) is 71.0 Å². The molecule has 2 rings (SSSR count). The van der Waals surface area contributed by atoms with E-state index in [9.17, 15) is 0 Å². The molecular formula is C15H15ClINS. The van der Waals surface area contributed by atoms with Crippen LogP contribution in [0.5, 0.6) is 0 Å². The molecule has 0 aromatic heterocycles. The largest absolute Gasteiger partial charge is 0.327 e. The summed E-state index contributed by atoms with van der Waals surface area (Å²) in [6.45, 7) is 0. The predicted octanol–water partition coefficient (Wildman–Crippen LogP) is 4.61. The molecule has 2 aromatic carbocycles. The maximum atomic E-state index is 6.17. The van der Waals surface area contributed by atoms with Crippen LogP contribution in [0.2, 0.25) is 5.02 Å². The number of hydrogen-bond donors (Lipinski definition) is 1. The fraction of sp³-hybridized carbons (Fsp3) is 0.200. The molecule has 100 valence electrons. The third-order valence-corrected chi connectivity index (χ3v) is 4.86. The molecule has 0 spiro atoms. The second-order valence-corrected chi connectivity index (χ2v) is 7.13. The Morgan fingerprint density at radius 2 is 1.68 bits per heavy atom. The van der Waals surface area contributed by atoms with Crippen molar-refractivity contribution in [3.63, 3.8) is 0 Å². The first kappa shape index (κ1) is 15.2. The first-order valence-corrected chi connectivity index (χ1v) is 8.46. The van der Waals surface area contributed by atoms with E-state index in [-0.39, 0.29) is 6.04 Å². The highest BCUT2D eigenvalue weighted by Crippen LogP contribution is 2.21. The number of nitrogens with two attached hydrogens (primary N) is 1. The Bertz CT molecular complexity index is 513. The summed E-state index contributed by atoms with van der Waals surface area (Å²) < 4.78 is 1.26. The summed E-state index contributed by atoms with van der Waals surface area (Å²) in [4.78, 5) is 1.21. The van der Waals surface area contributed by atoms with Crippen LogP contribution in [-0.2, 0) is 6.42 Å². The van der Waals surface area contributed by atoms with Gasteiger partial charge < -0.3 is 5.73 Å². The summed E-state index contributed by atoms with van der Waals surface area (Å²) in [7, 11) is 0. The normalized spacial score (nSPS) is 12.4. The lowest BCUT2D eigenvalue weighted by Gasteiger charge is -2.11. The first-order chi connectivity index (χ1) is 9.13. The first-order valence-electron chi connectivity index (χ1n) is 6.02. The zero-order valence-corrected chi connectivity index (χ0v) is 14.1. The van der Waals surface area contributed by atoms with Crippen molar-refractivity contribution in [3.8, 4) is 0 Å². The van der Waals surface area contributed by atoms with Crippen LogP contribution in [0.25, 0.3) is 0 Å². The van der Waals surface area contributed by atoms with Crippen molar-refractivity contribution in [1.82, 2.24) is 0 Å². The van der Waals surface area contributed by atoms with Crippen molar-refractivity contribution >= 4 is 46.0 Å². The van der Waals surface area contributed by atoms with Gasteiger partial charge >= 0.3 is 0 Å². The predicted molar refractivity (Wildman–Crippen MR) is 93.0 cm³/mol. The van der Waals surface area contributed by atoms with Crippen LogP contribution in [-0.4, -0.2) is 11.8 Å². The number of halogens is 2.